The van der Waals surface area contributed by atoms with Gasteiger partial charge < -0.3 is 21.5 Å². The lowest BCUT2D eigenvalue weighted by atomic mass is 10.0. The first-order valence-corrected chi connectivity index (χ1v) is 5.29. The van der Waals surface area contributed by atoms with Crippen molar-refractivity contribution < 1.29 is 19.5 Å². The van der Waals surface area contributed by atoms with Crippen LogP contribution in [0.2, 0.25) is 0 Å². The Balaban J connectivity index is 3.85. The Bertz CT molecular complexity index is 302. The number of nitrogens with two attached hydrogens (primary N) is 1. The predicted octanol–water partition coefficient (Wildman–Crippen LogP) is -0.196. The molecule has 7 nitrogen and oxygen atoms in total. The highest BCUT2D eigenvalue weighted by molar-refractivity contribution is 5.78. The maximum atomic E-state index is 11.4. The minimum Gasteiger partial charge on any atom is -0.481 e. The van der Waals surface area contributed by atoms with Crippen LogP contribution < -0.4 is 16.4 Å². The maximum absolute atomic E-state index is 11.4. The van der Waals surface area contributed by atoms with Crippen LogP contribution in [0.1, 0.15) is 33.1 Å². The molecule has 0 aliphatic carbocycles. The molecule has 17 heavy (non-hydrogen) atoms. The molecule has 0 aromatic rings. The molecule has 3 amide bonds. The van der Waals surface area contributed by atoms with Crippen LogP contribution in [0.15, 0.2) is 0 Å². The molecule has 0 unspecified atom stereocenters. The van der Waals surface area contributed by atoms with E-state index in [0.29, 0.717) is 6.42 Å². The number of hydrogen-bond acceptors (Lipinski definition) is 3. The van der Waals surface area contributed by atoms with Crippen molar-refractivity contribution in [1.82, 2.24) is 10.6 Å². The Morgan fingerprint density at radius 1 is 1.29 bits per heavy atom. The summed E-state index contributed by atoms with van der Waals surface area (Å²) < 4.78 is 0. The van der Waals surface area contributed by atoms with Gasteiger partial charge in [0.25, 0.3) is 0 Å². The SMILES string of the molecule is CC(C)(CC(N)=O)NC(=O)NCCCC(=O)O. The van der Waals surface area contributed by atoms with Gasteiger partial charge in [0.05, 0.1) is 0 Å². The van der Waals surface area contributed by atoms with E-state index in [-0.39, 0.29) is 19.4 Å². The first-order chi connectivity index (χ1) is 7.73. The fourth-order valence-corrected chi connectivity index (χ4v) is 1.27. The van der Waals surface area contributed by atoms with Gasteiger partial charge in [-0.05, 0) is 20.3 Å². The van der Waals surface area contributed by atoms with E-state index in [4.69, 9.17) is 10.8 Å². The summed E-state index contributed by atoms with van der Waals surface area (Å²) in [6, 6.07) is -0.443. The Morgan fingerprint density at radius 2 is 1.88 bits per heavy atom. The van der Waals surface area contributed by atoms with Gasteiger partial charge in [-0.25, -0.2) is 4.79 Å². The summed E-state index contributed by atoms with van der Waals surface area (Å²) in [5.74, 6) is -1.40. The van der Waals surface area contributed by atoms with Crippen molar-refractivity contribution in [3.63, 3.8) is 0 Å². The molecule has 0 saturated heterocycles. The molecule has 0 aliphatic rings. The van der Waals surface area contributed by atoms with Gasteiger partial charge in [-0.15, -0.1) is 0 Å². The van der Waals surface area contributed by atoms with Gasteiger partial charge in [0, 0.05) is 24.9 Å². The molecule has 0 rings (SSSR count). The van der Waals surface area contributed by atoms with E-state index >= 15 is 0 Å². The van der Waals surface area contributed by atoms with Gasteiger partial charge >= 0.3 is 12.0 Å². The Kier molecular flexibility index (Phi) is 6.01. The molecular formula is C10H19N3O4. The molecule has 5 N–H and O–H groups in total. The third-order valence-electron chi connectivity index (χ3n) is 1.92. The van der Waals surface area contributed by atoms with Gasteiger partial charge in [0.15, 0.2) is 0 Å². The lowest BCUT2D eigenvalue weighted by molar-refractivity contribution is -0.137. The molecule has 0 fully saturated rings. The average molecular weight is 245 g/mol. The van der Waals surface area contributed by atoms with E-state index in [1.165, 1.54) is 0 Å². The smallest absolute Gasteiger partial charge is 0.315 e. The number of amides is 3. The Morgan fingerprint density at radius 3 is 2.35 bits per heavy atom. The van der Waals surface area contributed by atoms with E-state index in [1.54, 1.807) is 13.8 Å². The second-order valence-corrected chi connectivity index (χ2v) is 4.41. The first-order valence-electron chi connectivity index (χ1n) is 5.29. The van der Waals surface area contributed by atoms with Gasteiger partial charge in [-0.2, -0.15) is 0 Å². The summed E-state index contributed by atoms with van der Waals surface area (Å²) in [6.07, 6.45) is 0.402. The van der Waals surface area contributed by atoms with Crippen LogP contribution in [0.25, 0.3) is 0 Å². The average Bonchev–Trinajstić information content (AvgIpc) is 2.08. The molecule has 98 valence electrons. The highest BCUT2D eigenvalue weighted by atomic mass is 16.4. The quantitative estimate of drug-likeness (QED) is 0.464. The molecule has 0 radical (unpaired) electrons. The van der Waals surface area contributed by atoms with Crippen molar-refractivity contribution in [2.24, 2.45) is 5.73 Å². The van der Waals surface area contributed by atoms with E-state index in [0.717, 1.165) is 0 Å². The summed E-state index contributed by atoms with van der Waals surface area (Å²) in [5, 5.41) is 13.5. The van der Waals surface area contributed by atoms with E-state index < -0.39 is 23.4 Å². The van der Waals surface area contributed by atoms with Gasteiger partial charge in [-0.3, -0.25) is 9.59 Å². The molecule has 0 saturated carbocycles. The van der Waals surface area contributed by atoms with Gasteiger partial charge in [0.2, 0.25) is 5.91 Å². The third-order valence-corrected chi connectivity index (χ3v) is 1.92. The summed E-state index contributed by atoms with van der Waals surface area (Å²) in [4.78, 5) is 32.3. The summed E-state index contributed by atoms with van der Waals surface area (Å²) >= 11 is 0. The van der Waals surface area contributed by atoms with Crippen LogP contribution >= 0.6 is 0 Å². The molecule has 7 heteroatoms. The fraction of sp³-hybridized carbons (Fsp3) is 0.700. The van der Waals surface area contributed by atoms with Crippen LogP contribution in [0.3, 0.4) is 0 Å². The van der Waals surface area contributed by atoms with E-state index in [1.807, 2.05) is 0 Å². The van der Waals surface area contributed by atoms with Crippen molar-refractivity contribution in [1.29, 1.82) is 0 Å². The van der Waals surface area contributed by atoms with Crippen LogP contribution in [0.5, 0.6) is 0 Å². The highest BCUT2D eigenvalue weighted by Crippen LogP contribution is 2.06. The largest absolute Gasteiger partial charge is 0.481 e. The number of carbonyl (C=O) groups excluding carboxylic acids is 2. The van der Waals surface area contributed by atoms with Crippen LogP contribution in [-0.4, -0.2) is 35.1 Å². The topological polar surface area (TPSA) is 122 Å². The first kappa shape index (κ1) is 15.2. The zero-order chi connectivity index (χ0) is 13.5. The zero-order valence-electron chi connectivity index (χ0n) is 10.1. The lowest BCUT2D eigenvalue weighted by Crippen LogP contribution is -2.50. The number of rotatable bonds is 7. The molecule has 0 heterocycles. The minimum absolute atomic E-state index is 0.00492. The second kappa shape index (κ2) is 6.72. The molecule has 0 bridgehead atoms. The lowest BCUT2D eigenvalue weighted by Gasteiger charge is -2.24. The molecule has 0 aliphatic heterocycles. The second-order valence-electron chi connectivity index (χ2n) is 4.41. The van der Waals surface area contributed by atoms with E-state index in [9.17, 15) is 14.4 Å². The number of carboxylic acids is 1. The molecule has 0 aromatic carbocycles. The highest BCUT2D eigenvalue weighted by Gasteiger charge is 2.22. The van der Waals surface area contributed by atoms with Crippen molar-refractivity contribution in [2.45, 2.75) is 38.6 Å². The van der Waals surface area contributed by atoms with Crippen LogP contribution in [-0.2, 0) is 9.59 Å². The van der Waals surface area contributed by atoms with Crippen molar-refractivity contribution >= 4 is 17.9 Å². The Hall–Kier alpha value is -1.79. The maximum Gasteiger partial charge on any atom is 0.315 e. The Labute approximate surface area is 99.7 Å². The van der Waals surface area contributed by atoms with Crippen molar-refractivity contribution in [3.05, 3.63) is 0 Å². The normalized spacial score (nSPS) is 10.7. The van der Waals surface area contributed by atoms with Crippen LogP contribution in [0, 0.1) is 0 Å². The fourth-order valence-electron chi connectivity index (χ4n) is 1.27. The number of primary amides is 1. The number of nitrogens with one attached hydrogen (secondary N) is 2. The number of hydrogen-bond donors (Lipinski definition) is 4. The van der Waals surface area contributed by atoms with Gasteiger partial charge in [-0.1, -0.05) is 0 Å². The monoisotopic (exact) mass is 245 g/mol. The van der Waals surface area contributed by atoms with Crippen LogP contribution in [0.4, 0.5) is 4.79 Å². The summed E-state index contributed by atoms with van der Waals surface area (Å²) in [5.41, 5.74) is 4.31. The molecule has 0 spiro atoms. The van der Waals surface area contributed by atoms with Crippen molar-refractivity contribution in [2.75, 3.05) is 6.54 Å². The standard InChI is InChI=1S/C10H19N3O4/c1-10(2,6-7(11)14)13-9(17)12-5-3-4-8(15)16/h3-6H2,1-2H3,(H2,11,14)(H,15,16)(H2,12,13,17). The third kappa shape index (κ3) is 9.16. The summed E-state index contributed by atoms with van der Waals surface area (Å²) in [7, 11) is 0. The molecular weight excluding hydrogens is 226 g/mol. The number of urea groups is 1. The molecule has 0 atom stereocenters. The zero-order valence-corrected chi connectivity index (χ0v) is 10.1. The van der Waals surface area contributed by atoms with E-state index in [2.05, 4.69) is 10.6 Å². The molecule has 0 aromatic heterocycles. The number of carbonyl (C=O) groups is 3. The number of carboxylic acid groups (broad SMARTS) is 1. The minimum atomic E-state index is -0.902. The van der Waals surface area contributed by atoms with Crippen molar-refractivity contribution in [3.8, 4) is 0 Å². The predicted molar refractivity (Wildman–Crippen MR) is 61.3 cm³/mol. The number of aliphatic carboxylic acids is 1. The van der Waals surface area contributed by atoms with Gasteiger partial charge in [0.1, 0.15) is 0 Å². The summed E-state index contributed by atoms with van der Waals surface area (Å²) in [6.45, 7) is 3.62.